The van der Waals surface area contributed by atoms with Gasteiger partial charge < -0.3 is 15.0 Å². The highest BCUT2D eigenvalue weighted by atomic mass is 16.5. The number of nitrogens with zero attached hydrogens (tertiary/aromatic N) is 1. The normalized spacial score (nSPS) is 14.7. The number of para-hydroxylation sites is 2. The van der Waals surface area contributed by atoms with E-state index in [0.717, 1.165) is 50.9 Å². The van der Waals surface area contributed by atoms with Crippen LogP contribution in [0.1, 0.15) is 39.5 Å². The van der Waals surface area contributed by atoms with E-state index in [4.69, 9.17) is 4.74 Å². The maximum atomic E-state index is 5.81. The minimum atomic E-state index is 0.749. The van der Waals surface area contributed by atoms with Gasteiger partial charge in [0.05, 0.1) is 12.3 Å². The second-order valence-electron chi connectivity index (χ2n) is 6.32. The van der Waals surface area contributed by atoms with Gasteiger partial charge in [0.1, 0.15) is 5.75 Å². The van der Waals surface area contributed by atoms with Gasteiger partial charge in [-0.1, -0.05) is 32.4 Å². The standard InChI is InChI=1S/C18H30N2O/c1-16(2)15-19-11-6-3-7-12-20-13-8-14-21-18-10-5-4-9-17(18)20/h4-5,9-10,16,19H,3,6-8,11-15H2,1-2H3. The molecular weight excluding hydrogens is 260 g/mol. The quantitative estimate of drug-likeness (QED) is 0.739. The van der Waals surface area contributed by atoms with Crippen molar-refractivity contribution in [3.63, 3.8) is 0 Å². The molecule has 0 saturated carbocycles. The zero-order chi connectivity index (χ0) is 14.9. The van der Waals surface area contributed by atoms with Crippen molar-refractivity contribution in [1.29, 1.82) is 0 Å². The first-order chi connectivity index (χ1) is 10.3. The molecule has 0 aromatic heterocycles. The van der Waals surface area contributed by atoms with Crippen LogP contribution in [-0.4, -0.2) is 32.8 Å². The molecule has 118 valence electrons. The molecule has 1 heterocycles. The van der Waals surface area contributed by atoms with E-state index in [1.54, 1.807) is 0 Å². The molecule has 0 saturated heterocycles. The molecule has 1 aromatic carbocycles. The lowest BCUT2D eigenvalue weighted by atomic mass is 10.2. The van der Waals surface area contributed by atoms with E-state index in [2.05, 4.69) is 48.3 Å². The van der Waals surface area contributed by atoms with Crippen molar-refractivity contribution in [2.75, 3.05) is 37.7 Å². The first-order valence-electron chi connectivity index (χ1n) is 8.45. The van der Waals surface area contributed by atoms with Gasteiger partial charge in [-0.2, -0.15) is 0 Å². The molecule has 0 atom stereocenters. The SMILES string of the molecule is CC(C)CNCCCCCN1CCCOc2ccccc21. The number of hydrogen-bond acceptors (Lipinski definition) is 3. The van der Waals surface area contributed by atoms with Crippen LogP contribution in [0.4, 0.5) is 5.69 Å². The van der Waals surface area contributed by atoms with Crippen LogP contribution < -0.4 is 15.0 Å². The van der Waals surface area contributed by atoms with Gasteiger partial charge in [-0.15, -0.1) is 0 Å². The van der Waals surface area contributed by atoms with E-state index < -0.39 is 0 Å². The first kappa shape index (κ1) is 16.2. The molecule has 1 aromatic rings. The molecule has 0 fully saturated rings. The smallest absolute Gasteiger partial charge is 0.142 e. The van der Waals surface area contributed by atoms with E-state index >= 15 is 0 Å². The summed E-state index contributed by atoms with van der Waals surface area (Å²) in [5, 5.41) is 3.52. The van der Waals surface area contributed by atoms with Crippen LogP contribution in [0.2, 0.25) is 0 Å². The molecular formula is C18H30N2O. The largest absolute Gasteiger partial charge is 0.491 e. The Morgan fingerprint density at radius 2 is 2.05 bits per heavy atom. The van der Waals surface area contributed by atoms with Crippen LogP contribution >= 0.6 is 0 Å². The van der Waals surface area contributed by atoms with Gasteiger partial charge in [0, 0.05) is 13.1 Å². The first-order valence-corrected chi connectivity index (χ1v) is 8.45. The van der Waals surface area contributed by atoms with Crippen LogP contribution in [0, 0.1) is 5.92 Å². The fourth-order valence-corrected chi connectivity index (χ4v) is 2.75. The maximum absolute atomic E-state index is 5.81. The van der Waals surface area contributed by atoms with Gasteiger partial charge in [0.25, 0.3) is 0 Å². The highest BCUT2D eigenvalue weighted by molar-refractivity contribution is 5.58. The summed E-state index contributed by atoms with van der Waals surface area (Å²) < 4.78 is 5.81. The van der Waals surface area contributed by atoms with Gasteiger partial charge in [-0.3, -0.25) is 0 Å². The predicted octanol–water partition coefficient (Wildman–Crippen LogP) is 3.69. The fourth-order valence-electron chi connectivity index (χ4n) is 2.75. The molecule has 3 heteroatoms. The third-order valence-corrected chi connectivity index (χ3v) is 3.87. The summed E-state index contributed by atoms with van der Waals surface area (Å²) >= 11 is 0. The van der Waals surface area contributed by atoms with Crippen molar-refractivity contribution in [2.24, 2.45) is 5.92 Å². The number of rotatable bonds is 8. The molecule has 1 aliphatic heterocycles. The molecule has 0 aliphatic carbocycles. The Bertz CT molecular complexity index is 406. The molecule has 0 spiro atoms. The van der Waals surface area contributed by atoms with Crippen LogP contribution in [0.15, 0.2) is 24.3 Å². The maximum Gasteiger partial charge on any atom is 0.142 e. The van der Waals surface area contributed by atoms with E-state index in [1.807, 2.05) is 0 Å². The van der Waals surface area contributed by atoms with E-state index in [1.165, 1.54) is 24.9 Å². The Morgan fingerprint density at radius 1 is 1.19 bits per heavy atom. The second-order valence-corrected chi connectivity index (χ2v) is 6.32. The van der Waals surface area contributed by atoms with Crippen molar-refractivity contribution in [3.8, 4) is 5.75 Å². The Balaban J connectivity index is 1.68. The number of unbranched alkanes of at least 4 members (excludes halogenated alkanes) is 2. The number of hydrogen-bond donors (Lipinski definition) is 1. The van der Waals surface area contributed by atoms with E-state index in [9.17, 15) is 0 Å². The molecule has 2 rings (SSSR count). The third kappa shape index (κ3) is 5.58. The molecule has 0 radical (unpaired) electrons. The lowest BCUT2D eigenvalue weighted by molar-refractivity contribution is 0.322. The summed E-state index contributed by atoms with van der Waals surface area (Å²) in [6.07, 6.45) is 4.95. The summed E-state index contributed by atoms with van der Waals surface area (Å²) in [4.78, 5) is 2.49. The van der Waals surface area contributed by atoms with Gasteiger partial charge in [-0.05, 0) is 50.4 Å². The zero-order valence-corrected chi connectivity index (χ0v) is 13.6. The lowest BCUT2D eigenvalue weighted by Gasteiger charge is -2.23. The molecule has 3 nitrogen and oxygen atoms in total. The summed E-state index contributed by atoms with van der Waals surface area (Å²) in [5.74, 6) is 1.80. The van der Waals surface area contributed by atoms with Crippen molar-refractivity contribution in [2.45, 2.75) is 39.5 Å². The molecule has 21 heavy (non-hydrogen) atoms. The molecule has 0 amide bonds. The van der Waals surface area contributed by atoms with E-state index in [0.29, 0.717) is 0 Å². The monoisotopic (exact) mass is 290 g/mol. The Morgan fingerprint density at radius 3 is 2.90 bits per heavy atom. The lowest BCUT2D eigenvalue weighted by Crippen LogP contribution is -2.25. The number of benzene rings is 1. The number of fused-ring (bicyclic) bond motifs is 1. The average Bonchev–Trinajstić information content (AvgIpc) is 2.68. The average molecular weight is 290 g/mol. The number of ether oxygens (including phenoxy) is 1. The van der Waals surface area contributed by atoms with Gasteiger partial charge in [0.2, 0.25) is 0 Å². The van der Waals surface area contributed by atoms with Crippen molar-refractivity contribution >= 4 is 5.69 Å². The summed E-state index contributed by atoms with van der Waals surface area (Å²) in [6, 6.07) is 8.44. The van der Waals surface area contributed by atoms with Gasteiger partial charge >= 0.3 is 0 Å². The van der Waals surface area contributed by atoms with Crippen LogP contribution in [-0.2, 0) is 0 Å². The summed E-state index contributed by atoms with van der Waals surface area (Å²) in [7, 11) is 0. The Kier molecular flexibility index (Phi) is 6.87. The van der Waals surface area contributed by atoms with Gasteiger partial charge in [-0.25, -0.2) is 0 Å². The topological polar surface area (TPSA) is 24.5 Å². The third-order valence-electron chi connectivity index (χ3n) is 3.87. The zero-order valence-electron chi connectivity index (χ0n) is 13.6. The van der Waals surface area contributed by atoms with Crippen LogP contribution in [0.25, 0.3) is 0 Å². The fraction of sp³-hybridized carbons (Fsp3) is 0.667. The molecule has 0 bridgehead atoms. The second kappa shape index (κ2) is 8.93. The summed E-state index contributed by atoms with van der Waals surface area (Å²) in [5.41, 5.74) is 1.27. The highest BCUT2D eigenvalue weighted by Crippen LogP contribution is 2.30. The van der Waals surface area contributed by atoms with Crippen LogP contribution in [0.5, 0.6) is 5.75 Å². The minimum absolute atomic E-state index is 0.749. The van der Waals surface area contributed by atoms with Gasteiger partial charge in [0.15, 0.2) is 0 Å². The Labute approximate surface area is 129 Å². The Hall–Kier alpha value is -1.22. The summed E-state index contributed by atoms with van der Waals surface area (Å²) in [6.45, 7) is 9.90. The van der Waals surface area contributed by atoms with E-state index in [-0.39, 0.29) is 0 Å². The molecule has 0 unspecified atom stereocenters. The van der Waals surface area contributed by atoms with Crippen molar-refractivity contribution in [3.05, 3.63) is 24.3 Å². The predicted molar refractivity (Wildman–Crippen MR) is 90.3 cm³/mol. The minimum Gasteiger partial charge on any atom is -0.491 e. The van der Waals surface area contributed by atoms with Crippen molar-refractivity contribution < 1.29 is 4.74 Å². The highest BCUT2D eigenvalue weighted by Gasteiger charge is 2.14. The number of anilines is 1. The molecule has 1 aliphatic rings. The van der Waals surface area contributed by atoms with Crippen LogP contribution in [0.3, 0.4) is 0 Å². The number of nitrogens with one attached hydrogen (secondary N) is 1. The molecule has 1 N–H and O–H groups in total. The van der Waals surface area contributed by atoms with Crippen molar-refractivity contribution in [1.82, 2.24) is 5.32 Å².